The maximum absolute atomic E-state index is 12.1. The normalized spacial score (nSPS) is 14.2. The van der Waals surface area contributed by atoms with Gasteiger partial charge in [0.2, 0.25) is 5.91 Å². The van der Waals surface area contributed by atoms with Crippen LogP contribution in [0.15, 0.2) is 18.2 Å². The van der Waals surface area contributed by atoms with Gasteiger partial charge in [0.05, 0.1) is 7.11 Å². The summed E-state index contributed by atoms with van der Waals surface area (Å²) in [6.07, 6.45) is -0.274. The Morgan fingerprint density at radius 2 is 1.92 bits per heavy atom. The number of rotatable bonds is 8. The highest BCUT2D eigenvalue weighted by atomic mass is 16.5. The van der Waals surface area contributed by atoms with Gasteiger partial charge in [-0.3, -0.25) is 9.59 Å². The molecular weight excluding hydrogens is 332 g/mol. The molecule has 0 aliphatic rings. The number of carbonyl (C=O) groups is 3. The number of ether oxygens (including phenoxy) is 1. The van der Waals surface area contributed by atoms with Crippen LogP contribution in [-0.2, 0) is 25.5 Å². The van der Waals surface area contributed by atoms with Crippen molar-refractivity contribution in [1.82, 2.24) is 5.32 Å². The third-order valence-corrected chi connectivity index (χ3v) is 3.65. The molecule has 9 nitrogen and oxygen atoms in total. The average Bonchev–Trinajstić information content (AvgIpc) is 2.54. The second-order valence-corrected chi connectivity index (χ2v) is 5.86. The highest BCUT2D eigenvalue weighted by Crippen LogP contribution is 2.27. The number of nitrogens with one attached hydrogen (secondary N) is 1. The number of aromatic hydroxyl groups is 2. The summed E-state index contributed by atoms with van der Waals surface area (Å²) in [6.45, 7) is 1.44. The monoisotopic (exact) mass is 354 g/mol. The second-order valence-electron chi connectivity index (χ2n) is 5.86. The number of carbonyl (C=O) groups excluding carboxylic acids is 2. The third kappa shape index (κ3) is 5.64. The fourth-order valence-electron chi connectivity index (χ4n) is 2.26. The summed E-state index contributed by atoms with van der Waals surface area (Å²) in [4.78, 5) is 34.8. The molecule has 25 heavy (non-hydrogen) atoms. The molecule has 0 bridgehead atoms. The summed E-state index contributed by atoms with van der Waals surface area (Å²) in [5, 5.41) is 30.1. The lowest BCUT2D eigenvalue weighted by Gasteiger charge is -2.28. The Morgan fingerprint density at radius 1 is 1.28 bits per heavy atom. The van der Waals surface area contributed by atoms with Crippen molar-refractivity contribution in [3.63, 3.8) is 0 Å². The van der Waals surface area contributed by atoms with Crippen molar-refractivity contribution in [3.05, 3.63) is 23.8 Å². The first-order valence-electron chi connectivity index (χ1n) is 7.47. The minimum absolute atomic E-state index is 0.00969. The van der Waals surface area contributed by atoms with Crippen LogP contribution >= 0.6 is 0 Å². The van der Waals surface area contributed by atoms with Crippen LogP contribution < -0.4 is 11.1 Å². The van der Waals surface area contributed by atoms with E-state index in [0.717, 1.165) is 0 Å². The van der Waals surface area contributed by atoms with Gasteiger partial charge in [0.25, 0.3) is 0 Å². The van der Waals surface area contributed by atoms with E-state index in [-0.39, 0.29) is 30.8 Å². The molecule has 0 radical (unpaired) electrons. The Kier molecular flexibility index (Phi) is 6.75. The van der Waals surface area contributed by atoms with Crippen LogP contribution in [0.25, 0.3) is 0 Å². The number of phenolic OH excluding ortho intramolecular Hbond substituents is 2. The third-order valence-electron chi connectivity index (χ3n) is 3.65. The van der Waals surface area contributed by atoms with Gasteiger partial charge in [0, 0.05) is 12.8 Å². The largest absolute Gasteiger partial charge is 0.504 e. The zero-order chi connectivity index (χ0) is 19.2. The van der Waals surface area contributed by atoms with Gasteiger partial charge < -0.3 is 31.1 Å². The van der Waals surface area contributed by atoms with Gasteiger partial charge in [-0.2, -0.15) is 0 Å². The van der Waals surface area contributed by atoms with Crippen molar-refractivity contribution in [3.8, 4) is 11.5 Å². The Bertz CT molecular complexity index is 662. The van der Waals surface area contributed by atoms with Gasteiger partial charge in [-0.05, 0) is 31.0 Å². The molecule has 0 aliphatic carbocycles. The van der Waals surface area contributed by atoms with E-state index in [1.54, 1.807) is 0 Å². The minimum Gasteiger partial charge on any atom is -0.504 e. The minimum atomic E-state index is -1.44. The number of amides is 1. The summed E-state index contributed by atoms with van der Waals surface area (Å²) in [5.41, 5.74) is 4.38. The number of phenols is 2. The maximum Gasteiger partial charge on any atom is 0.331 e. The topological polar surface area (TPSA) is 159 Å². The number of aliphatic carboxylic acids is 1. The number of hydrogen-bond acceptors (Lipinski definition) is 7. The van der Waals surface area contributed by atoms with E-state index in [1.165, 1.54) is 32.2 Å². The van der Waals surface area contributed by atoms with Crippen LogP contribution in [0.2, 0.25) is 0 Å². The van der Waals surface area contributed by atoms with E-state index in [4.69, 9.17) is 15.6 Å². The average molecular weight is 354 g/mol. The van der Waals surface area contributed by atoms with Gasteiger partial charge in [0.15, 0.2) is 11.5 Å². The zero-order valence-corrected chi connectivity index (χ0v) is 14.0. The summed E-state index contributed by atoms with van der Waals surface area (Å²) < 4.78 is 4.72. The smallest absolute Gasteiger partial charge is 0.331 e. The lowest BCUT2D eigenvalue weighted by atomic mass is 9.92. The van der Waals surface area contributed by atoms with E-state index < -0.39 is 29.4 Å². The standard InChI is InChI=1S/C16H22N2O7/c1-16(15(24)25-2,8-9-3-5-11(19)12(20)7-9)18-13(21)6-4-10(17)14(22)23/h3,5,7,10,19-20H,4,6,8,17H2,1-2H3,(H,18,21)(H,22,23)/t10?,16-/m1/s1. The molecule has 1 rings (SSSR count). The Hall–Kier alpha value is -2.81. The maximum atomic E-state index is 12.1. The molecule has 1 aromatic rings. The van der Waals surface area contributed by atoms with Crippen LogP contribution in [0.5, 0.6) is 11.5 Å². The van der Waals surface area contributed by atoms with Crippen molar-refractivity contribution >= 4 is 17.8 Å². The zero-order valence-electron chi connectivity index (χ0n) is 14.0. The number of hydrogen-bond donors (Lipinski definition) is 5. The molecule has 0 saturated carbocycles. The van der Waals surface area contributed by atoms with Crippen LogP contribution in [0, 0.1) is 0 Å². The van der Waals surface area contributed by atoms with Gasteiger partial charge in [-0.1, -0.05) is 6.07 Å². The number of benzene rings is 1. The molecule has 9 heteroatoms. The van der Waals surface area contributed by atoms with Crippen molar-refractivity contribution in [2.24, 2.45) is 5.73 Å². The fourth-order valence-corrected chi connectivity index (χ4v) is 2.26. The number of carboxylic acid groups (broad SMARTS) is 1. The van der Waals surface area contributed by atoms with Crippen LogP contribution in [0.3, 0.4) is 0 Å². The van der Waals surface area contributed by atoms with Gasteiger partial charge in [-0.15, -0.1) is 0 Å². The predicted octanol–water partition coefficient (Wildman–Crippen LogP) is -0.120. The second kappa shape index (κ2) is 8.34. The first kappa shape index (κ1) is 20.2. The van der Waals surface area contributed by atoms with E-state index in [0.29, 0.717) is 5.56 Å². The molecule has 1 aromatic carbocycles. The van der Waals surface area contributed by atoms with Crippen molar-refractivity contribution in [1.29, 1.82) is 0 Å². The molecule has 6 N–H and O–H groups in total. The first-order chi connectivity index (χ1) is 11.6. The molecule has 1 unspecified atom stereocenters. The molecule has 0 aromatic heterocycles. The number of carboxylic acids is 1. The van der Waals surface area contributed by atoms with E-state index in [9.17, 15) is 24.6 Å². The number of nitrogens with two attached hydrogens (primary N) is 1. The predicted molar refractivity (Wildman–Crippen MR) is 86.9 cm³/mol. The van der Waals surface area contributed by atoms with Gasteiger partial charge >= 0.3 is 11.9 Å². The molecule has 1 amide bonds. The molecule has 2 atom stereocenters. The summed E-state index contributed by atoms with van der Waals surface area (Å²) in [5.74, 6) is -3.16. The molecule has 0 fully saturated rings. The Labute approximate surface area is 144 Å². The molecule has 0 aliphatic heterocycles. The first-order valence-corrected chi connectivity index (χ1v) is 7.47. The summed E-state index contributed by atoms with van der Waals surface area (Å²) in [6, 6.07) is 2.84. The fraction of sp³-hybridized carbons (Fsp3) is 0.438. The molecule has 0 heterocycles. The van der Waals surface area contributed by atoms with Crippen LogP contribution in [0.1, 0.15) is 25.3 Å². The molecule has 0 saturated heterocycles. The lowest BCUT2D eigenvalue weighted by Crippen LogP contribution is -2.54. The lowest BCUT2D eigenvalue weighted by molar-refractivity contribution is -0.150. The van der Waals surface area contributed by atoms with E-state index >= 15 is 0 Å². The van der Waals surface area contributed by atoms with Gasteiger partial charge in [-0.25, -0.2) is 4.79 Å². The molecule has 138 valence electrons. The van der Waals surface area contributed by atoms with Crippen molar-refractivity contribution in [2.75, 3.05) is 7.11 Å². The highest BCUT2D eigenvalue weighted by Gasteiger charge is 2.36. The van der Waals surface area contributed by atoms with Crippen LogP contribution in [0.4, 0.5) is 0 Å². The highest BCUT2D eigenvalue weighted by molar-refractivity contribution is 5.88. The number of methoxy groups -OCH3 is 1. The molecule has 0 spiro atoms. The van der Waals surface area contributed by atoms with Crippen LogP contribution in [-0.4, -0.2) is 51.9 Å². The Balaban J connectivity index is 2.87. The summed E-state index contributed by atoms with van der Waals surface area (Å²) >= 11 is 0. The SMILES string of the molecule is COC(=O)[C@@](C)(Cc1ccc(O)c(O)c1)NC(=O)CCC(N)C(=O)O. The summed E-state index contributed by atoms with van der Waals surface area (Å²) in [7, 11) is 1.17. The van der Waals surface area contributed by atoms with Crippen molar-refractivity contribution in [2.45, 2.75) is 37.8 Å². The number of esters is 1. The quantitative estimate of drug-likeness (QED) is 0.319. The molecular formula is C16H22N2O7. The Morgan fingerprint density at radius 3 is 2.44 bits per heavy atom. The van der Waals surface area contributed by atoms with Gasteiger partial charge in [0.1, 0.15) is 11.6 Å². The van der Waals surface area contributed by atoms with Crippen molar-refractivity contribution < 1.29 is 34.4 Å². The van der Waals surface area contributed by atoms with E-state index in [2.05, 4.69) is 5.32 Å². The van der Waals surface area contributed by atoms with E-state index in [1.807, 2.05) is 0 Å².